The summed E-state index contributed by atoms with van der Waals surface area (Å²) >= 11 is 1.17. The molecule has 0 spiro atoms. The third-order valence-corrected chi connectivity index (χ3v) is 3.62. The number of rotatable bonds is 1. The molecule has 2 amide bonds. The Morgan fingerprint density at radius 2 is 2.40 bits per heavy atom. The fraction of sp³-hybridized carbons (Fsp3) is 0.778. The van der Waals surface area contributed by atoms with Gasteiger partial charge in [0.1, 0.15) is 6.04 Å². The predicted octanol–water partition coefficient (Wildman–Crippen LogP) is -0.239. The van der Waals surface area contributed by atoms with Crippen molar-refractivity contribution in [3.63, 3.8) is 0 Å². The van der Waals surface area contributed by atoms with E-state index in [2.05, 4.69) is 5.32 Å². The molecule has 2 rings (SSSR count). The van der Waals surface area contributed by atoms with E-state index in [0.29, 0.717) is 12.3 Å². The summed E-state index contributed by atoms with van der Waals surface area (Å²) in [5, 5.41) is 2.56. The van der Waals surface area contributed by atoms with Crippen LogP contribution in [0.2, 0.25) is 0 Å². The van der Waals surface area contributed by atoms with Gasteiger partial charge in [-0.1, -0.05) is 11.8 Å². The molecule has 2 aliphatic rings. The average molecular weight is 229 g/mol. The summed E-state index contributed by atoms with van der Waals surface area (Å²) in [5.41, 5.74) is 5.80. The normalized spacial score (nSPS) is 31.5. The van der Waals surface area contributed by atoms with E-state index in [4.69, 9.17) is 5.73 Å². The van der Waals surface area contributed by atoms with Gasteiger partial charge >= 0.3 is 0 Å². The lowest BCUT2D eigenvalue weighted by Crippen LogP contribution is -2.52. The van der Waals surface area contributed by atoms with E-state index in [-0.39, 0.29) is 23.2 Å². The largest absolute Gasteiger partial charge is 0.339 e. The van der Waals surface area contributed by atoms with Crippen molar-refractivity contribution in [1.82, 2.24) is 10.2 Å². The molecule has 2 aliphatic heterocycles. The Labute approximate surface area is 92.7 Å². The molecular formula is C9H15N3O2S. The first-order chi connectivity index (χ1) is 7.16. The Hall–Kier alpha value is -0.750. The van der Waals surface area contributed by atoms with Gasteiger partial charge in [-0.15, -0.1) is 0 Å². The van der Waals surface area contributed by atoms with Crippen LogP contribution in [0, 0.1) is 0 Å². The molecule has 3 N–H and O–H groups in total. The molecule has 0 aliphatic carbocycles. The van der Waals surface area contributed by atoms with Gasteiger partial charge in [-0.3, -0.25) is 9.59 Å². The van der Waals surface area contributed by atoms with Crippen molar-refractivity contribution in [2.24, 2.45) is 5.73 Å². The van der Waals surface area contributed by atoms with Crippen LogP contribution in [0.15, 0.2) is 0 Å². The molecule has 0 radical (unpaired) electrons. The Balaban J connectivity index is 1.92. The first-order valence-electron chi connectivity index (χ1n) is 5.14. The fourth-order valence-corrected chi connectivity index (χ4v) is 2.72. The third-order valence-electron chi connectivity index (χ3n) is 2.74. The van der Waals surface area contributed by atoms with Gasteiger partial charge in [-0.05, 0) is 12.8 Å². The van der Waals surface area contributed by atoms with Gasteiger partial charge in [-0.25, -0.2) is 0 Å². The number of carbonyl (C=O) groups is 2. The maximum atomic E-state index is 11.9. The second-order valence-corrected chi connectivity index (χ2v) is 4.97. The summed E-state index contributed by atoms with van der Waals surface area (Å²) in [5.74, 6) is 0.562. The highest BCUT2D eigenvalue weighted by Crippen LogP contribution is 2.17. The molecule has 2 fully saturated rings. The van der Waals surface area contributed by atoms with Crippen LogP contribution in [0.4, 0.5) is 4.79 Å². The summed E-state index contributed by atoms with van der Waals surface area (Å²) < 4.78 is 0. The topological polar surface area (TPSA) is 75.4 Å². The highest BCUT2D eigenvalue weighted by atomic mass is 32.2. The molecule has 2 saturated heterocycles. The molecule has 84 valence electrons. The molecule has 0 aromatic carbocycles. The van der Waals surface area contributed by atoms with Gasteiger partial charge in [0.25, 0.3) is 5.24 Å². The summed E-state index contributed by atoms with van der Waals surface area (Å²) in [7, 11) is 0. The van der Waals surface area contributed by atoms with E-state index < -0.39 is 0 Å². The molecular weight excluding hydrogens is 214 g/mol. The number of nitrogens with one attached hydrogen (secondary N) is 1. The summed E-state index contributed by atoms with van der Waals surface area (Å²) in [6.45, 7) is 1.39. The van der Waals surface area contributed by atoms with Gasteiger partial charge in [0.05, 0.1) is 0 Å². The summed E-state index contributed by atoms with van der Waals surface area (Å²) in [4.78, 5) is 24.7. The minimum Gasteiger partial charge on any atom is -0.339 e. The van der Waals surface area contributed by atoms with E-state index >= 15 is 0 Å². The van der Waals surface area contributed by atoms with Crippen LogP contribution in [0.3, 0.4) is 0 Å². The average Bonchev–Trinajstić information content (AvgIpc) is 2.64. The van der Waals surface area contributed by atoms with Crippen molar-refractivity contribution in [2.75, 3.05) is 18.8 Å². The summed E-state index contributed by atoms with van der Waals surface area (Å²) in [6, 6.07) is -0.250. The van der Waals surface area contributed by atoms with Crippen molar-refractivity contribution in [3.05, 3.63) is 0 Å². The van der Waals surface area contributed by atoms with Crippen molar-refractivity contribution in [2.45, 2.75) is 24.9 Å². The van der Waals surface area contributed by atoms with Gasteiger partial charge in [-0.2, -0.15) is 0 Å². The van der Waals surface area contributed by atoms with E-state index in [1.54, 1.807) is 4.90 Å². The van der Waals surface area contributed by atoms with Gasteiger partial charge < -0.3 is 16.0 Å². The Morgan fingerprint density at radius 3 is 3.00 bits per heavy atom. The standard InChI is InChI=1S/C9H15N3O2S/c10-6-2-1-3-12(4-6)8(13)7-5-15-9(14)11-7/h6-7H,1-5,10H2,(H,11,14)/t6-,7?/m1/s1. The monoisotopic (exact) mass is 229 g/mol. The molecule has 5 nitrogen and oxygen atoms in total. The molecule has 0 aromatic heterocycles. The SMILES string of the molecule is N[C@@H]1CCCN(C(=O)C2CSC(=O)N2)C1. The zero-order chi connectivity index (χ0) is 10.8. The second-order valence-electron chi connectivity index (χ2n) is 3.98. The van der Waals surface area contributed by atoms with Crippen LogP contribution < -0.4 is 11.1 Å². The molecule has 1 unspecified atom stereocenters. The number of thioether (sulfide) groups is 1. The number of nitrogens with two attached hydrogens (primary N) is 1. The molecule has 0 aromatic rings. The lowest BCUT2D eigenvalue weighted by molar-refractivity contribution is -0.133. The minimum absolute atomic E-state index is 0.0171. The van der Waals surface area contributed by atoms with Gasteiger partial charge in [0, 0.05) is 24.9 Å². The molecule has 0 saturated carbocycles. The number of carbonyl (C=O) groups excluding carboxylic acids is 2. The van der Waals surface area contributed by atoms with Crippen molar-refractivity contribution < 1.29 is 9.59 Å². The van der Waals surface area contributed by atoms with Gasteiger partial charge in [0.2, 0.25) is 5.91 Å². The smallest absolute Gasteiger partial charge is 0.279 e. The third kappa shape index (κ3) is 2.43. The number of likely N-dealkylation sites (tertiary alicyclic amines) is 1. The van der Waals surface area contributed by atoms with E-state index in [0.717, 1.165) is 19.4 Å². The molecule has 15 heavy (non-hydrogen) atoms. The number of nitrogens with zero attached hydrogens (tertiary/aromatic N) is 1. The highest BCUT2D eigenvalue weighted by molar-refractivity contribution is 8.14. The van der Waals surface area contributed by atoms with E-state index in [1.807, 2.05) is 0 Å². The van der Waals surface area contributed by atoms with E-state index in [1.165, 1.54) is 11.8 Å². The lowest BCUT2D eigenvalue weighted by atomic mass is 10.1. The summed E-state index contributed by atoms with van der Waals surface area (Å²) in [6.07, 6.45) is 1.94. The number of hydrogen-bond acceptors (Lipinski definition) is 4. The Kier molecular flexibility index (Phi) is 3.16. The number of piperidine rings is 1. The highest BCUT2D eigenvalue weighted by Gasteiger charge is 2.32. The number of hydrogen-bond donors (Lipinski definition) is 2. The predicted molar refractivity (Wildman–Crippen MR) is 58.6 cm³/mol. The Bertz CT molecular complexity index is 285. The Morgan fingerprint density at radius 1 is 1.60 bits per heavy atom. The zero-order valence-corrected chi connectivity index (χ0v) is 9.26. The first-order valence-corrected chi connectivity index (χ1v) is 6.13. The molecule has 6 heteroatoms. The maximum Gasteiger partial charge on any atom is 0.279 e. The molecule has 2 heterocycles. The second kappa shape index (κ2) is 4.40. The molecule has 2 atom stereocenters. The van der Waals surface area contributed by atoms with Crippen LogP contribution in [0.5, 0.6) is 0 Å². The maximum absolute atomic E-state index is 11.9. The quantitative estimate of drug-likeness (QED) is 0.651. The number of amides is 2. The van der Waals surface area contributed by atoms with Crippen molar-refractivity contribution in [3.8, 4) is 0 Å². The van der Waals surface area contributed by atoms with Crippen LogP contribution >= 0.6 is 11.8 Å². The van der Waals surface area contributed by atoms with Crippen LogP contribution in [-0.2, 0) is 4.79 Å². The molecule has 0 bridgehead atoms. The van der Waals surface area contributed by atoms with Crippen molar-refractivity contribution in [1.29, 1.82) is 0 Å². The fourth-order valence-electron chi connectivity index (χ4n) is 1.95. The van der Waals surface area contributed by atoms with Crippen LogP contribution in [-0.4, -0.2) is 47.0 Å². The lowest BCUT2D eigenvalue weighted by Gasteiger charge is -2.32. The van der Waals surface area contributed by atoms with Crippen molar-refractivity contribution >= 4 is 22.9 Å². The van der Waals surface area contributed by atoms with Gasteiger partial charge in [0.15, 0.2) is 0 Å². The zero-order valence-electron chi connectivity index (χ0n) is 8.44. The van der Waals surface area contributed by atoms with Crippen LogP contribution in [0.1, 0.15) is 12.8 Å². The minimum atomic E-state index is -0.340. The van der Waals surface area contributed by atoms with Crippen LogP contribution in [0.25, 0.3) is 0 Å². The first kappa shape index (κ1) is 10.8. The van der Waals surface area contributed by atoms with E-state index in [9.17, 15) is 9.59 Å².